The fraction of sp³-hybridized carbons (Fsp3) is 0.385. The number of benzene rings is 1. The molecule has 5 nitrogen and oxygen atoms in total. The van der Waals surface area contributed by atoms with Crippen molar-refractivity contribution in [3.8, 4) is 11.8 Å². The molecule has 2 rings (SSSR count). The molecule has 1 heterocycles. The zero-order chi connectivity index (χ0) is 13.0. The van der Waals surface area contributed by atoms with Gasteiger partial charge in [-0.25, -0.2) is 4.99 Å². The SMILES string of the molecule is CC(CC1COC(N)=N1)Oc1ccc(C#N)cc1. The first kappa shape index (κ1) is 12.2. The summed E-state index contributed by atoms with van der Waals surface area (Å²) >= 11 is 0. The molecule has 1 aliphatic heterocycles. The van der Waals surface area contributed by atoms with Crippen molar-refractivity contribution < 1.29 is 9.47 Å². The van der Waals surface area contributed by atoms with E-state index in [0.717, 1.165) is 12.2 Å². The Labute approximate surface area is 106 Å². The van der Waals surface area contributed by atoms with E-state index in [4.69, 9.17) is 20.5 Å². The summed E-state index contributed by atoms with van der Waals surface area (Å²) in [7, 11) is 0. The van der Waals surface area contributed by atoms with E-state index in [0.29, 0.717) is 12.2 Å². The second-order valence-corrected chi connectivity index (χ2v) is 4.23. The lowest BCUT2D eigenvalue weighted by atomic mass is 10.1. The van der Waals surface area contributed by atoms with E-state index < -0.39 is 0 Å². The molecule has 0 saturated carbocycles. The van der Waals surface area contributed by atoms with Gasteiger partial charge >= 0.3 is 0 Å². The Morgan fingerprint density at radius 2 is 2.28 bits per heavy atom. The lowest BCUT2D eigenvalue weighted by molar-refractivity contribution is 0.189. The van der Waals surface area contributed by atoms with Crippen LogP contribution in [0.3, 0.4) is 0 Å². The minimum Gasteiger partial charge on any atom is -0.491 e. The third kappa shape index (κ3) is 3.14. The number of hydrogen-bond donors (Lipinski definition) is 1. The molecule has 5 heteroatoms. The normalized spacial score (nSPS) is 19.6. The summed E-state index contributed by atoms with van der Waals surface area (Å²) in [5.41, 5.74) is 6.06. The Morgan fingerprint density at radius 3 is 2.83 bits per heavy atom. The van der Waals surface area contributed by atoms with Crippen molar-refractivity contribution in [2.24, 2.45) is 10.7 Å². The molecule has 2 N–H and O–H groups in total. The first-order valence-electron chi connectivity index (χ1n) is 5.80. The van der Waals surface area contributed by atoms with Gasteiger partial charge in [0.05, 0.1) is 23.8 Å². The van der Waals surface area contributed by atoms with E-state index in [-0.39, 0.29) is 18.2 Å². The summed E-state index contributed by atoms with van der Waals surface area (Å²) in [6, 6.07) is 9.44. The van der Waals surface area contributed by atoms with E-state index in [1.165, 1.54) is 0 Å². The quantitative estimate of drug-likeness (QED) is 0.870. The molecule has 0 saturated heterocycles. The van der Waals surface area contributed by atoms with Crippen LogP contribution in [0.1, 0.15) is 18.9 Å². The average Bonchev–Trinajstić information content (AvgIpc) is 2.75. The van der Waals surface area contributed by atoms with Gasteiger partial charge in [0.15, 0.2) is 0 Å². The largest absolute Gasteiger partial charge is 0.491 e. The number of rotatable bonds is 4. The lowest BCUT2D eigenvalue weighted by Gasteiger charge is -2.16. The molecular weight excluding hydrogens is 230 g/mol. The number of hydrogen-bond acceptors (Lipinski definition) is 5. The summed E-state index contributed by atoms with van der Waals surface area (Å²) in [5, 5.41) is 8.69. The minimum absolute atomic E-state index is 0.0150. The molecular formula is C13H15N3O2. The highest BCUT2D eigenvalue weighted by Gasteiger charge is 2.20. The number of aliphatic imine (C=N–C) groups is 1. The van der Waals surface area contributed by atoms with E-state index in [1.807, 2.05) is 6.92 Å². The molecule has 2 unspecified atom stereocenters. The van der Waals surface area contributed by atoms with Crippen molar-refractivity contribution in [3.05, 3.63) is 29.8 Å². The molecule has 1 aromatic carbocycles. The molecule has 0 bridgehead atoms. The smallest absolute Gasteiger partial charge is 0.282 e. The summed E-state index contributed by atoms with van der Waals surface area (Å²) in [6.45, 7) is 2.50. The van der Waals surface area contributed by atoms with Gasteiger partial charge in [-0.1, -0.05) is 0 Å². The van der Waals surface area contributed by atoms with Gasteiger partial charge in [-0.05, 0) is 31.2 Å². The summed E-state index contributed by atoms with van der Waals surface area (Å²) in [4.78, 5) is 4.15. The highest BCUT2D eigenvalue weighted by atomic mass is 16.5. The fourth-order valence-corrected chi connectivity index (χ4v) is 1.83. The summed E-state index contributed by atoms with van der Waals surface area (Å²) < 4.78 is 10.8. The van der Waals surface area contributed by atoms with Gasteiger partial charge in [-0.15, -0.1) is 0 Å². The molecule has 0 aromatic heterocycles. The molecule has 94 valence electrons. The zero-order valence-electron chi connectivity index (χ0n) is 10.2. The van der Waals surface area contributed by atoms with Crippen LogP contribution in [0.2, 0.25) is 0 Å². The van der Waals surface area contributed by atoms with Crippen molar-refractivity contribution in [2.75, 3.05) is 6.61 Å². The third-order valence-corrected chi connectivity index (χ3v) is 2.66. The second kappa shape index (κ2) is 5.41. The van der Waals surface area contributed by atoms with E-state index >= 15 is 0 Å². The minimum atomic E-state index is 0.0150. The van der Waals surface area contributed by atoms with Crippen LogP contribution >= 0.6 is 0 Å². The molecule has 0 aliphatic carbocycles. The molecule has 2 atom stereocenters. The fourth-order valence-electron chi connectivity index (χ4n) is 1.83. The van der Waals surface area contributed by atoms with Crippen LogP contribution in [0.5, 0.6) is 5.75 Å². The molecule has 0 fully saturated rings. The van der Waals surface area contributed by atoms with E-state index in [1.54, 1.807) is 24.3 Å². The molecule has 1 aromatic rings. The molecule has 0 spiro atoms. The third-order valence-electron chi connectivity index (χ3n) is 2.66. The van der Waals surface area contributed by atoms with Gasteiger partial charge in [0.2, 0.25) is 0 Å². The Kier molecular flexibility index (Phi) is 3.68. The topological polar surface area (TPSA) is 80.6 Å². The van der Waals surface area contributed by atoms with E-state index in [9.17, 15) is 0 Å². The van der Waals surface area contributed by atoms with Gasteiger partial charge in [0, 0.05) is 6.42 Å². The molecule has 0 amide bonds. The monoisotopic (exact) mass is 245 g/mol. The van der Waals surface area contributed by atoms with Gasteiger partial charge < -0.3 is 15.2 Å². The number of nitrogens with zero attached hydrogens (tertiary/aromatic N) is 2. The molecule has 1 aliphatic rings. The predicted octanol–water partition coefficient (Wildman–Crippen LogP) is 1.43. The second-order valence-electron chi connectivity index (χ2n) is 4.23. The highest BCUT2D eigenvalue weighted by Crippen LogP contribution is 2.17. The lowest BCUT2D eigenvalue weighted by Crippen LogP contribution is -2.20. The van der Waals surface area contributed by atoms with Crippen LogP contribution in [-0.2, 0) is 4.74 Å². The number of amidine groups is 1. The number of nitrogens with two attached hydrogens (primary N) is 1. The maximum absolute atomic E-state index is 8.69. The zero-order valence-corrected chi connectivity index (χ0v) is 10.2. The van der Waals surface area contributed by atoms with Crippen molar-refractivity contribution in [1.82, 2.24) is 0 Å². The van der Waals surface area contributed by atoms with Crippen LogP contribution < -0.4 is 10.5 Å². The molecule has 0 radical (unpaired) electrons. The van der Waals surface area contributed by atoms with E-state index in [2.05, 4.69) is 11.1 Å². The first-order chi connectivity index (χ1) is 8.67. The predicted molar refractivity (Wildman–Crippen MR) is 67.2 cm³/mol. The summed E-state index contributed by atoms with van der Waals surface area (Å²) in [5.74, 6) is 0.748. The van der Waals surface area contributed by atoms with Crippen LogP contribution in [0, 0.1) is 11.3 Å². The standard InChI is InChI=1S/C13H15N3O2/c1-9(6-11-8-17-13(15)16-11)18-12-4-2-10(7-14)3-5-12/h2-5,9,11H,6,8H2,1H3,(H2,15,16). The van der Waals surface area contributed by atoms with Gasteiger partial charge in [0.1, 0.15) is 12.4 Å². The molecule has 18 heavy (non-hydrogen) atoms. The Hall–Kier alpha value is -2.22. The van der Waals surface area contributed by atoms with Crippen molar-refractivity contribution >= 4 is 6.02 Å². The van der Waals surface area contributed by atoms with Crippen LogP contribution in [-0.4, -0.2) is 24.8 Å². The van der Waals surface area contributed by atoms with Crippen LogP contribution in [0.25, 0.3) is 0 Å². The number of ether oxygens (including phenoxy) is 2. The van der Waals surface area contributed by atoms with Crippen molar-refractivity contribution in [1.29, 1.82) is 5.26 Å². The number of nitriles is 1. The maximum atomic E-state index is 8.69. The Balaban J connectivity index is 1.87. The van der Waals surface area contributed by atoms with Crippen molar-refractivity contribution in [2.45, 2.75) is 25.5 Å². The summed E-state index contributed by atoms with van der Waals surface area (Å²) in [6.07, 6.45) is 0.766. The van der Waals surface area contributed by atoms with Crippen LogP contribution in [0.4, 0.5) is 0 Å². The van der Waals surface area contributed by atoms with Crippen LogP contribution in [0.15, 0.2) is 29.3 Å². The Bertz CT molecular complexity index is 476. The van der Waals surface area contributed by atoms with Crippen molar-refractivity contribution in [3.63, 3.8) is 0 Å². The Morgan fingerprint density at radius 1 is 1.56 bits per heavy atom. The highest BCUT2D eigenvalue weighted by molar-refractivity contribution is 5.73. The van der Waals surface area contributed by atoms with Gasteiger partial charge in [0.25, 0.3) is 6.02 Å². The first-order valence-corrected chi connectivity index (χ1v) is 5.80. The maximum Gasteiger partial charge on any atom is 0.282 e. The van der Waals surface area contributed by atoms with Gasteiger partial charge in [-0.2, -0.15) is 5.26 Å². The average molecular weight is 245 g/mol. The van der Waals surface area contributed by atoms with Gasteiger partial charge in [-0.3, -0.25) is 0 Å².